The second-order valence-corrected chi connectivity index (χ2v) is 0.872. The van der Waals surface area contributed by atoms with Gasteiger partial charge in [0.05, 0.1) is 0 Å². The van der Waals surface area contributed by atoms with Gasteiger partial charge in [-0.05, 0) is 5.92 Å². The van der Waals surface area contributed by atoms with Crippen LogP contribution in [0.15, 0.2) is 0 Å². The Labute approximate surface area is 42.5 Å². The van der Waals surface area contributed by atoms with E-state index in [-0.39, 0.29) is 0 Å². The molecule has 0 aliphatic carbocycles. The maximum absolute atomic E-state index is 9.45. The van der Waals surface area contributed by atoms with Crippen LogP contribution in [-0.4, -0.2) is 20.0 Å². The third-order valence-electron chi connectivity index (χ3n) is 0.377. The molecule has 38 valence electrons. The van der Waals surface area contributed by atoms with Crippen LogP contribution in [-0.2, 0) is 9.53 Å². The third-order valence-corrected chi connectivity index (χ3v) is 0.377. The maximum atomic E-state index is 9.45. The molecule has 0 unspecified atom stereocenters. The van der Waals surface area contributed by atoms with E-state index in [1.54, 1.807) is 0 Å². The summed E-state index contributed by atoms with van der Waals surface area (Å²) in [6, 6.07) is 0. The second kappa shape index (κ2) is 5.19. The van der Waals surface area contributed by atoms with Gasteiger partial charge in [0.2, 0.25) is 0 Å². The van der Waals surface area contributed by atoms with Gasteiger partial charge in [-0.3, -0.25) is 4.79 Å². The minimum atomic E-state index is 0.332. The number of aldehydes is 1. The van der Waals surface area contributed by atoms with Gasteiger partial charge < -0.3 is 4.74 Å². The molecule has 0 saturated carbocycles. The van der Waals surface area contributed by atoms with Crippen LogP contribution in [0.4, 0.5) is 0 Å². The fourth-order valence-electron chi connectivity index (χ4n) is 0.156. The lowest BCUT2D eigenvalue weighted by Gasteiger charge is -1.77. The summed E-state index contributed by atoms with van der Waals surface area (Å²) in [5.41, 5.74) is 0. The predicted molar refractivity (Wildman–Crippen MR) is 25.7 cm³/mol. The van der Waals surface area contributed by atoms with Crippen molar-refractivity contribution < 1.29 is 9.53 Å². The van der Waals surface area contributed by atoms with Crippen LogP contribution >= 0.6 is 0 Å². The molecular formula is C5H6O2. The van der Waals surface area contributed by atoms with Crippen molar-refractivity contribution in [3.63, 3.8) is 0 Å². The Balaban J connectivity index is 3.07. The Morgan fingerprint density at radius 1 is 1.86 bits per heavy atom. The summed E-state index contributed by atoms with van der Waals surface area (Å²) in [7, 11) is 1.53. The van der Waals surface area contributed by atoms with Crippen LogP contribution in [0.25, 0.3) is 0 Å². The lowest BCUT2D eigenvalue weighted by molar-refractivity contribution is -0.103. The molecule has 0 spiro atoms. The molecule has 0 bridgehead atoms. The molecule has 2 heteroatoms. The summed E-state index contributed by atoms with van der Waals surface area (Å²) < 4.78 is 4.51. The summed E-state index contributed by atoms with van der Waals surface area (Å²) >= 11 is 0. The molecular weight excluding hydrogens is 92.1 g/mol. The SMILES string of the molecule is COCC#CC=O. The number of hydrogen-bond acceptors (Lipinski definition) is 2. The highest BCUT2D eigenvalue weighted by Crippen LogP contribution is 1.57. The van der Waals surface area contributed by atoms with Crippen molar-refractivity contribution in [3.05, 3.63) is 0 Å². The molecule has 0 N–H and O–H groups in total. The number of rotatable bonds is 1. The minimum absolute atomic E-state index is 0.332. The molecule has 0 amide bonds. The second-order valence-electron chi connectivity index (χ2n) is 0.872. The van der Waals surface area contributed by atoms with Crippen LogP contribution in [0.3, 0.4) is 0 Å². The number of methoxy groups -OCH3 is 1. The molecule has 0 aromatic heterocycles. The van der Waals surface area contributed by atoms with Crippen molar-refractivity contribution in [3.8, 4) is 11.8 Å². The van der Waals surface area contributed by atoms with Crippen molar-refractivity contribution in [1.82, 2.24) is 0 Å². The topological polar surface area (TPSA) is 26.3 Å². The summed E-state index contributed by atoms with van der Waals surface area (Å²) in [6.07, 6.45) is 0.541. The molecule has 0 rings (SSSR count). The maximum Gasteiger partial charge on any atom is 0.192 e. The van der Waals surface area contributed by atoms with Gasteiger partial charge >= 0.3 is 0 Å². The van der Waals surface area contributed by atoms with E-state index in [0.29, 0.717) is 12.9 Å². The largest absolute Gasteiger partial charge is 0.372 e. The standard InChI is InChI=1S/C5H6O2/c1-7-5-3-2-4-6/h4H,5H2,1H3. The van der Waals surface area contributed by atoms with E-state index in [4.69, 9.17) is 0 Å². The van der Waals surface area contributed by atoms with E-state index in [1.807, 2.05) is 0 Å². The van der Waals surface area contributed by atoms with Gasteiger partial charge in [0, 0.05) is 7.11 Å². The van der Waals surface area contributed by atoms with Gasteiger partial charge in [-0.2, -0.15) is 0 Å². The highest BCUT2D eigenvalue weighted by molar-refractivity contribution is 5.72. The Morgan fingerprint density at radius 2 is 2.57 bits per heavy atom. The highest BCUT2D eigenvalue weighted by Gasteiger charge is 1.63. The van der Waals surface area contributed by atoms with Gasteiger partial charge in [-0.25, -0.2) is 0 Å². The van der Waals surface area contributed by atoms with Crippen LogP contribution in [0.5, 0.6) is 0 Å². The van der Waals surface area contributed by atoms with Crippen molar-refractivity contribution in [2.75, 3.05) is 13.7 Å². The van der Waals surface area contributed by atoms with Gasteiger partial charge in [-0.15, -0.1) is 0 Å². The minimum Gasteiger partial charge on any atom is -0.372 e. The first-order valence-electron chi connectivity index (χ1n) is 1.82. The van der Waals surface area contributed by atoms with Crippen LogP contribution in [0.1, 0.15) is 0 Å². The molecule has 0 atom stereocenters. The van der Waals surface area contributed by atoms with Crippen LogP contribution < -0.4 is 0 Å². The van der Waals surface area contributed by atoms with Gasteiger partial charge in [-0.1, -0.05) is 5.92 Å². The number of carbonyl (C=O) groups excluding carboxylic acids is 1. The molecule has 7 heavy (non-hydrogen) atoms. The first kappa shape index (κ1) is 6.19. The molecule has 0 heterocycles. The third kappa shape index (κ3) is 5.19. The smallest absolute Gasteiger partial charge is 0.192 e. The molecule has 0 aliphatic heterocycles. The Morgan fingerprint density at radius 3 is 3.00 bits per heavy atom. The molecule has 0 saturated heterocycles. The number of carbonyl (C=O) groups is 1. The highest BCUT2D eigenvalue weighted by atomic mass is 16.5. The summed E-state index contributed by atoms with van der Waals surface area (Å²) in [4.78, 5) is 9.45. The van der Waals surface area contributed by atoms with Crippen LogP contribution in [0.2, 0.25) is 0 Å². The Hall–Kier alpha value is -0.810. The van der Waals surface area contributed by atoms with Crippen LogP contribution in [0, 0.1) is 11.8 Å². The Kier molecular flexibility index (Phi) is 4.59. The molecule has 0 aliphatic rings. The molecule has 0 fully saturated rings. The molecule has 0 aromatic rings. The first-order valence-corrected chi connectivity index (χ1v) is 1.82. The van der Waals surface area contributed by atoms with E-state index >= 15 is 0 Å². The van der Waals surface area contributed by atoms with Crippen molar-refractivity contribution in [2.45, 2.75) is 0 Å². The van der Waals surface area contributed by atoms with Crippen molar-refractivity contribution >= 4 is 6.29 Å². The molecule has 0 radical (unpaired) electrons. The first-order chi connectivity index (χ1) is 3.41. The molecule has 0 aromatic carbocycles. The lowest BCUT2D eigenvalue weighted by Crippen LogP contribution is -1.80. The molecule has 2 nitrogen and oxygen atoms in total. The van der Waals surface area contributed by atoms with Gasteiger partial charge in [0.15, 0.2) is 6.29 Å². The fraction of sp³-hybridized carbons (Fsp3) is 0.400. The number of ether oxygens (including phenoxy) is 1. The van der Waals surface area contributed by atoms with E-state index in [1.165, 1.54) is 7.11 Å². The van der Waals surface area contributed by atoms with E-state index in [9.17, 15) is 4.79 Å². The number of hydrogen-bond donors (Lipinski definition) is 0. The van der Waals surface area contributed by atoms with E-state index in [2.05, 4.69) is 16.6 Å². The average Bonchev–Trinajstić information content (AvgIpc) is 1.69. The predicted octanol–water partition coefficient (Wildman–Crippen LogP) is -0.165. The zero-order chi connectivity index (χ0) is 5.54. The Bertz CT molecular complexity index is 96.4. The normalized spacial score (nSPS) is 6.43. The van der Waals surface area contributed by atoms with Gasteiger partial charge in [0.1, 0.15) is 6.61 Å². The van der Waals surface area contributed by atoms with Crippen molar-refractivity contribution in [1.29, 1.82) is 0 Å². The van der Waals surface area contributed by atoms with E-state index < -0.39 is 0 Å². The van der Waals surface area contributed by atoms with Crippen molar-refractivity contribution in [2.24, 2.45) is 0 Å². The monoisotopic (exact) mass is 98.0 g/mol. The van der Waals surface area contributed by atoms with Gasteiger partial charge in [0.25, 0.3) is 0 Å². The fourth-order valence-corrected chi connectivity index (χ4v) is 0.156. The summed E-state index contributed by atoms with van der Waals surface area (Å²) in [5.74, 6) is 4.64. The zero-order valence-corrected chi connectivity index (χ0v) is 4.10. The quantitative estimate of drug-likeness (QED) is 0.336. The summed E-state index contributed by atoms with van der Waals surface area (Å²) in [5, 5.41) is 0. The zero-order valence-electron chi connectivity index (χ0n) is 4.10. The average molecular weight is 98.1 g/mol. The summed E-state index contributed by atoms with van der Waals surface area (Å²) in [6.45, 7) is 0.332. The lowest BCUT2D eigenvalue weighted by atomic mass is 10.6. The van der Waals surface area contributed by atoms with E-state index in [0.717, 1.165) is 0 Å².